The van der Waals surface area contributed by atoms with Gasteiger partial charge in [-0.2, -0.15) is 0 Å². The van der Waals surface area contributed by atoms with E-state index >= 15 is 0 Å². The first-order valence-electron chi connectivity index (χ1n) is 9.52. The molecule has 30 heavy (non-hydrogen) atoms. The fourth-order valence-electron chi connectivity index (χ4n) is 3.10. The normalized spacial score (nSPS) is 11.5. The Labute approximate surface area is 174 Å². The number of carbonyl (C=O) groups excluding carboxylic acids is 1. The number of nitrogens with one attached hydrogen (secondary N) is 1. The average Bonchev–Trinajstić information content (AvgIpc) is 3.19. The second-order valence-corrected chi connectivity index (χ2v) is 9.12. The summed E-state index contributed by atoms with van der Waals surface area (Å²) in [5.41, 5.74) is 3.60. The molecule has 6 nitrogen and oxygen atoms in total. The Morgan fingerprint density at radius 3 is 2.50 bits per heavy atom. The predicted octanol–water partition coefficient (Wildman–Crippen LogP) is 4.47. The molecule has 0 aliphatic carbocycles. The van der Waals surface area contributed by atoms with Crippen LogP contribution < -0.4 is 5.32 Å². The van der Waals surface area contributed by atoms with E-state index < -0.39 is 9.84 Å². The fourth-order valence-corrected chi connectivity index (χ4v) is 3.98. The quantitative estimate of drug-likeness (QED) is 0.497. The molecule has 1 N–H and O–H groups in total. The molecule has 0 saturated carbocycles. The number of oxazole rings is 1. The standard InChI is InChI=1S/C23H20N2O4S/c1-2-30(27,28)19-12-10-16(11-13-19)14-22(26)24-18-7-5-6-17(15-18)23-25-20-8-3-4-9-21(20)29-23/h3-13,15H,2,14H2,1H3,(H,24,26). The molecule has 0 bridgehead atoms. The van der Waals surface area contributed by atoms with Gasteiger partial charge < -0.3 is 9.73 Å². The highest BCUT2D eigenvalue weighted by molar-refractivity contribution is 7.91. The van der Waals surface area contributed by atoms with Gasteiger partial charge >= 0.3 is 0 Å². The van der Waals surface area contributed by atoms with Gasteiger partial charge in [-0.25, -0.2) is 13.4 Å². The lowest BCUT2D eigenvalue weighted by atomic mass is 10.1. The van der Waals surface area contributed by atoms with Crippen LogP contribution in [0.25, 0.3) is 22.6 Å². The number of para-hydroxylation sites is 2. The third-order valence-electron chi connectivity index (χ3n) is 4.71. The molecule has 0 atom stereocenters. The molecule has 0 unspecified atom stereocenters. The van der Waals surface area contributed by atoms with Crippen molar-refractivity contribution in [3.63, 3.8) is 0 Å². The lowest BCUT2D eigenvalue weighted by Gasteiger charge is -2.07. The number of rotatable bonds is 6. The largest absolute Gasteiger partial charge is 0.436 e. The summed E-state index contributed by atoms with van der Waals surface area (Å²) in [7, 11) is -3.25. The number of amides is 1. The Kier molecular flexibility index (Phi) is 5.37. The number of sulfone groups is 1. The molecule has 4 aromatic rings. The van der Waals surface area contributed by atoms with Crippen LogP contribution in [0.3, 0.4) is 0 Å². The minimum atomic E-state index is -3.25. The lowest BCUT2D eigenvalue weighted by molar-refractivity contribution is -0.115. The van der Waals surface area contributed by atoms with Gasteiger partial charge in [-0.05, 0) is 48.0 Å². The molecule has 4 rings (SSSR count). The molecule has 3 aromatic carbocycles. The van der Waals surface area contributed by atoms with Gasteiger partial charge in [0, 0.05) is 11.3 Å². The molecule has 1 heterocycles. The molecule has 7 heteroatoms. The highest BCUT2D eigenvalue weighted by Gasteiger charge is 2.13. The minimum absolute atomic E-state index is 0.0449. The zero-order chi connectivity index (χ0) is 21.1. The number of hydrogen-bond acceptors (Lipinski definition) is 5. The van der Waals surface area contributed by atoms with E-state index in [-0.39, 0.29) is 23.0 Å². The maximum atomic E-state index is 12.4. The van der Waals surface area contributed by atoms with Crippen molar-refractivity contribution in [2.45, 2.75) is 18.2 Å². The number of benzene rings is 3. The zero-order valence-electron chi connectivity index (χ0n) is 16.3. The maximum absolute atomic E-state index is 12.4. The molecule has 1 amide bonds. The Hall–Kier alpha value is -3.45. The van der Waals surface area contributed by atoms with E-state index in [9.17, 15) is 13.2 Å². The maximum Gasteiger partial charge on any atom is 0.228 e. The van der Waals surface area contributed by atoms with Gasteiger partial charge in [-0.1, -0.05) is 37.3 Å². The van der Waals surface area contributed by atoms with Crippen LogP contribution >= 0.6 is 0 Å². The highest BCUT2D eigenvalue weighted by Crippen LogP contribution is 2.26. The third-order valence-corrected chi connectivity index (χ3v) is 6.46. The van der Waals surface area contributed by atoms with E-state index in [1.54, 1.807) is 31.2 Å². The van der Waals surface area contributed by atoms with Gasteiger partial charge in [0.25, 0.3) is 0 Å². The zero-order valence-corrected chi connectivity index (χ0v) is 17.1. The molecule has 1 aromatic heterocycles. The SMILES string of the molecule is CCS(=O)(=O)c1ccc(CC(=O)Nc2cccc(-c3nc4ccccc4o3)c2)cc1. The lowest BCUT2D eigenvalue weighted by Crippen LogP contribution is -2.14. The summed E-state index contributed by atoms with van der Waals surface area (Å²) in [5.74, 6) is 0.333. The van der Waals surface area contributed by atoms with Crippen LogP contribution in [-0.2, 0) is 21.1 Å². The van der Waals surface area contributed by atoms with Crippen molar-refractivity contribution in [1.29, 1.82) is 0 Å². The van der Waals surface area contributed by atoms with Gasteiger partial charge in [0.1, 0.15) is 5.52 Å². The van der Waals surface area contributed by atoms with Crippen LogP contribution in [0, 0.1) is 0 Å². The summed E-state index contributed by atoms with van der Waals surface area (Å²) in [6, 6.07) is 21.2. The molecule has 0 saturated heterocycles. The van der Waals surface area contributed by atoms with Gasteiger partial charge in [0.2, 0.25) is 11.8 Å². The van der Waals surface area contributed by atoms with Crippen LogP contribution in [0.4, 0.5) is 5.69 Å². The molecule has 152 valence electrons. The van der Waals surface area contributed by atoms with Crippen molar-refractivity contribution < 1.29 is 17.6 Å². The molecule has 0 spiro atoms. The van der Waals surface area contributed by atoms with Crippen molar-refractivity contribution in [3.8, 4) is 11.5 Å². The molecule has 0 fully saturated rings. The highest BCUT2D eigenvalue weighted by atomic mass is 32.2. The number of aromatic nitrogens is 1. The molecule has 0 aliphatic heterocycles. The fraction of sp³-hybridized carbons (Fsp3) is 0.130. The first kappa shape index (κ1) is 19.8. The monoisotopic (exact) mass is 420 g/mol. The number of carbonyl (C=O) groups is 1. The number of nitrogens with zero attached hydrogens (tertiary/aromatic N) is 1. The van der Waals surface area contributed by atoms with Crippen molar-refractivity contribution in [3.05, 3.63) is 78.4 Å². The Balaban J connectivity index is 1.47. The molecule has 0 radical (unpaired) electrons. The van der Waals surface area contributed by atoms with Crippen molar-refractivity contribution in [1.82, 2.24) is 4.98 Å². The van der Waals surface area contributed by atoms with E-state index in [2.05, 4.69) is 10.3 Å². The van der Waals surface area contributed by atoms with Gasteiger partial charge in [0.15, 0.2) is 15.4 Å². The molecule has 0 aliphatic rings. The minimum Gasteiger partial charge on any atom is -0.436 e. The van der Waals surface area contributed by atoms with Crippen molar-refractivity contribution in [2.24, 2.45) is 0 Å². The van der Waals surface area contributed by atoms with Crippen LogP contribution in [0.5, 0.6) is 0 Å². The number of hydrogen-bond donors (Lipinski definition) is 1. The summed E-state index contributed by atoms with van der Waals surface area (Å²) < 4.78 is 29.6. The Morgan fingerprint density at radius 2 is 1.77 bits per heavy atom. The summed E-state index contributed by atoms with van der Waals surface area (Å²) >= 11 is 0. The van der Waals surface area contributed by atoms with E-state index in [0.717, 1.165) is 16.6 Å². The summed E-state index contributed by atoms with van der Waals surface area (Å²) in [6.45, 7) is 1.60. The van der Waals surface area contributed by atoms with E-state index in [4.69, 9.17) is 4.42 Å². The second kappa shape index (κ2) is 8.12. The average molecular weight is 420 g/mol. The number of fused-ring (bicyclic) bond motifs is 1. The van der Waals surface area contributed by atoms with Crippen molar-refractivity contribution in [2.75, 3.05) is 11.1 Å². The van der Waals surface area contributed by atoms with Gasteiger partial charge in [-0.15, -0.1) is 0 Å². The topological polar surface area (TPSA) is 89.3 Å². The first-order valence-corrected chi connectivity index (χ1v) is 11.2. The van der Waals surface area contributed by atoms with Crippen molar-refractivity contribution >= 4 is 32.5 Å². The van der Waals surface area contributed by atoms with Gasteiger partial charge in [0.05, 0.1) is 17.1 Å². The summed E-state index contributed by atoms with van der Waals surface area (Å²) in [6.07, 6.45) is 0.138. The summed E-state index contributed by atoms with van der Waals surface area (Å²) in [4.78, 5) is 17.2. The van der Waals surface area contributed by atoms with E-state index in [1.165, 1.54) is 12.1 Å². The van der Waals surface area contributed by atoms with Crippen LogP contribution in [-0.4, -0.2) is 25.1 Å². The molecular formula is C23H20N2O4S. The Morgan fingerprint density at radius 1 is 1.00 bits per heavy atom. The first-order chi connectivity index (χ1) is 14.4. The second-order valence-electron chi connectivity index (χ2n) is 6.84. The van der Waals surface area contributed by atoms with Crippen LogP contribution in [0.1, 0.15) is 12.5 Å². The summed E-state index contributed by atoms with van der Waals surface area (Å²) in [5, 5.41) is 2.86. The smallest absolute Gasteiger partial charge is 0.228 e. The van der Waals surface area contributed by atoms with Crippen LogP contribution in [0.2, 0.25) is 0 Å². The third kappa shape index (κ3) is 4.26. The van der Waals surface area contributed by atoms with Gasteiger partial charge in [-0.3, -0.25) is 4.79 Å². The molecular weight excluding hydrogens is 400 g/mol. The van der Waals surface area contributed by atoms with Crippen LogP contribution in [0.15, 0.2) is 82.1 Å². The predicted molar refractivity (Wildman–Crippen MR) is 116 cm³/mol. The van der Waals surface area contributed by atoms with E-state index in [0.29, 0.717) is 17.2 Å². The van der Waals surface area contributed by atoms with E-state index in [1.807, 2.05) is 36.4 Å². The Bertz CT molecular complexity index is 1280. The number of anilines is 1.